The zero-order chi connectivity index (χ0) is 14.3. The fourth-order valence-electron chi connectivity index (χ4n) is 3.67. The Balaban J connectivity index is 1.68. The molecule has 2 atom stereocenters. The molecular formula is C16H19Cl2NO. The van der Waals surface area contributed by atoms with Gasteiger partial charge < -0.3 is 4.90 Å². The molecule has 2 nitrogen and oxygen atoms in total. The van der Waals surface area contributed by atoms with E-state index in [1.54, 1.807) is 12.1 Å². The molecule has 20 heavy (non-hydrogen) atoms. The fourth-order valence-corrected chi connectivity index (χ4v) is 4.15. The first-order valence-corrected chi connectivity index (χ1v) is 7.98. The number of carbonyl (C=O) groups excluding carboxylic acids is 1. The van der Waals surface area contributed by atoms with Gasteiger partial charge in [0.25, 0.3) is 0 Å². The lowest BCUT2D eigenvalue weighted by atomic mass is 9.85. The Hall–Kier alpha value is -0.570. The fraction of sp³-hybridized carbons (Fsp3) is 0.562. The Morgan fingerprint density at radius 1 is 1.25 bits per heavy atom. The van der Waals surface area contributed by atoms with Gasteiger partial charge in [0.15, 0.2) is 0 Å². The largest absolute Gasteiger partial charge is 0.300 e. The van der Waals surface area contributed by atoms with Crippen LogP contribution in [-0.2, 0) is 11.2 Å². The zero-order valence-corrected chi connectivity index (χ0v) is 13.1. The lowest BCUT2D eigenvalue weighted by Crippen LogP contribution is -2.42. The molecule has 2 heterocycles. The van der Waals surface area contributed by atoms with Crippen molar-refractivity contribution >= 4 is 29.0 Å². The Bertz CT molecular complexity index is 517. The zero-order valence-electron chi connectivity index (χ0n) is 11.6. The summed E-state index contributed by atoms with van der Waals surface area (Å²) in [6.07, 6.45) is 4.94. The van der Waals surface area contributed by atoms with Crippen LogP contribution in [0.3, 0.4) is 0 Å². The number of fused-ring (bicyclic) bond motifs is 2. The van der Waals surface area contributed by atoms with Crippen LogP contribution in [0, 0.1) is 5.92 Å². The molecule has 0 aromatic heterocycles. The number of halogens is 2. The summed E-state index contributed by atoms with van der Waals surface area (Å²) < 4.78 is 0. The first kappa shape index (κ1) is 14.4. The quantitative estimate of drug-likeness (QED) is 0.841. The van der Waals surface area contributed by atoms with Crippen LogP contribution in [0.1, 0.15) is 31.2 Å². The molecule has 108 valence electrons. The van der Waals surface area contributed by atoms with E-state index in [0.29, 0.717) is 34.3 Å². The molecule has 2 aliphatic heterocycles. The average molecular weight is 312 g/mol. The van der Waals surface area contributed by atoms with E-state index in [-0.39, 0.29) is 5.92 Å². The maximum absolute atomic E-state index is 12.5. The summed E-state index contributed by atoms with van der Waals surface area (Å²) in [5.74, 6) is 0.537. The number of carbonyl (C=O) groups is 1. The molecule has 2 aliphatic rings. The van der Waals surface area contributed by atoms with Gasteiger partial charge in [0.2, 0.25) is 0 Å². The standard InChI is InChI=1S/C16H19Cl2NO/c1-19-13-4-5-14(19)7-11(6-13)16(20)8-10-2-3-12(17)9-15(10)18/h2-3,9,11,13-14H,4-8H2,1H3. The number of benzene rings is 1. The summed E-state index contributed by atoms with van der Waals surface area (Å²) in [6, 6.07) is 6.58. The van der Waals surface area contributed by atoms with Crippen LogP contribution in [0.15, 0.2) is 18.2 Å². The van der Waals surface area contributed by atoms with Gasteiger partial charge in [0.1, 0.15) is 5.78 Å². The molecule has 0 N–H and O–H groups in total. The molecule has 0 spiro atoms. The average Bonchev–Trinajstić information content (AvgIpc) is 2.64. The lowest BCUT2D eigenvalue weighted by molar-refractivity contribution is -0.124. The highest BCUT2D eigenvalue weighted by Gasteiger charge is 2.40. The number of piperidine rings is 1. The Morgan fingerprint density at radius 2 is 1.90 bits per heavy atom. The first-order valence-electron chi connectivity index (χ1n) is 7.23. The van der Waals surface area contributed by atoms with E-state index in [1.807, 2.05) is 6.07 Å². The molecule has 0 aliphatic carbocycles. The third-order valence-corrected chi connectivity index (χ3v) is 5.52. The van der Waals surface area contributed by atoms with Crippen molar-refractivity contribution in [2.45, 2.75) is 44.2 Å². The van der Waals surface area contributed by atoms with Crippen LogP contribution < -0.4 is 0 Å². The minimum absolute atomic E-state index is 0.204. The number of hydrogen-bond donors (Lipinski definition) is 0. The van der Waals surface area contributed by atoms with Crippen molar-refractivity contribution in [3.8, 4) is 0 Å². The highest BCUT2D eigenvalue weighted by atomic mass is 35.5. The van der Waals surface area contributed by atoms with Gasteiger partial charge in [-0.2, -0.15) is 0 Å². The van der Waals surface area contributed by atoms with Crippen molar-refractivity contribution in [3.63, 3.8) is 0 Å². The van der Waals surface area contributed by atoms with Gasteiger partial charge in [-0.1, -0.05) is 29.3 Å². The van der Waals surface area contributed by atoms with Crippen LogP contribution >= 0.6 is 23.2 Å². The topological polar surface area (TPSA) is 20.3 Å². The van der Waals surface area contributed by atoms with Gasteiger partial charge in [0, 0.05) is 34.5 Å². The summed E-state index contributed by atoms with van der Waals surface area (Å²) in [5.41, 5.74) is 0.896. The minimum Gasteiger partial charge on any atom is -0.300 e. The predicted molar refractivity (Wildman–Crippen MR) is 82.5 cm³/mol. The van der Waals surface area contributed by atoms with E-state index >= 15 is 0 Å². The molecular weight excluding hydrogens is 293 g/mol. The molecule has 0 amide bonds. The molecule has 4 heteroatoms. The van der Waals surface area contributed by atoms with Gasteiger partial charge in [0.05, 0.1) is 0 Å². The highest BCUT2D eigenvalue weighted by Crippen LogP contribution is 2.38. The van der Waals surface area contributed by atoms with Gasteiger partial charge in [-0.25, -0.2) is 0 Å². The van der Waals surface area contributed by atoms with Crippen molar-refractivity contribution in [2.24, 2.45) is 5.92 Å². The normalized spacial score (nSPS) is 29.6. The third-order valence-electron chi connectivity index (χ3n) is 4.93. The van der Waals surface area contributed by atoms with Crippen molar-refractivity contribution in [1.82, 2.24) is 4.90 Å². The Kier molecular flexibility index (Phi) is 4.07. The van der Waals surface area contributed by atoms with E-state index in [2.05, 4.69) is 11.9 Å². The predicted octanol–water partition coefficient (Wildman–Crippen LogP) is 3.98. The second-order valence-corrected chi connectivity index (χ2v) is 6.94. The second-order valence-electron chi connectivity index (χ2n) is 6.10. The lowest BCUT2D eigenvalue weighted by Gasteiger charge is -2.35. The molecule has 0 saturated carbocycles. The molecule has 1 aromatic rings. The van der Waals surface area contributed by atoms with Crippen LogP contribution in [0.4, 0.5) is 0 Å². The molecule has 2 bridgehead atoms. The van der Waals surface area contributed by atoms with Gasteiger partial charge in [-0.05, 0) is 50.4 Å². The van der Waals surface area contributed by atoms with Crippen LogP contribution in [-0.4, -0.2) is 29.8 Å². The number of ketones is 1. The van der Waals surface area contributed by atoms with E-state index in [1.165, 1.54) is 12.8 Å². The number of nitrogens with zero attached hydrogens (tertiary/aromatic N) is 1. The monoisotopic (exact) mass is 311 g/mol. The van der Waals surface area contributed by atoms with Gasteiger partial charge in [-0.3, -0.25) is 4.79 Å². The molecule has 3 rings (SSSR count). The second kappa shape index (κ2) is 5.67. The SMILES string of the molecule is CN1C2CCC1CC(C(=O)Cc1ccc(Cl)cc1Cl)C2. The first-order chi connectivity index (χ1) is 9.54. The number of rotatable bonds is 3. The van der Waals surface area contributed by atoms with Gasteiger partial charge >= 0.3 is 0 Å². The van der Waals surface area contributed by atoms with E-state index in [0.717, 1.165) is 18.4 Å². The van der Waals surface area contributed by atoms with Gasteiger partial charge in [-0.15, -0.1) is 0 Å². The van der Waals surface area contributed by atoms with Crippen LogP contribution in [0.25, 0.3) is 0 Å². The Morgan fingerprint density at radius 3 is 2.50 bits per heavy atom. The number of hydrogen-bond acceptors (Lipinski definition) is 2. The molecule has 0 radical (unpaired) electrons. The third kappa shape index (κ3) is 2.74. The summed E-state index contributed by atoms with van der Waals surface area (Å²) in [6.45, 7) is 0. The van der Waals surface area contributed by atoms with Crippen LogP contribution in [0.2, 0.25) is 10.0 Å². The summed E-state index contributed by atoms with van der Waals surface area (Å²) in [4.78, 5) is 15.0. The number of Topliss-reactive ketones (excluding diaryl/α,β-unsaturated/α-hetero) is 1. The minimum atomic E-state index is 0.204. The maximum atomic E-state index is 12.5. The van der Waals surface area contributed by atoms with Crippen molar-refractivity contribution in [1.29, 1.82) is 0 Å². The molecule has 2 fully saturated rings. The van der Waals surface area contributed by atoms with Crippen molar-refractivity contribution in [3.05, 3.63) is 33.8 Å². The Labute approximate surface area is 130 Å². The van der Waals surface area contributed by atoms with E-state index in [9.17, 15) is 4.79 Å². The van der Waals surface area contributed by atoms with E-state index in [4.69, 9.17) is 23.2 Å². The molecule has 1 aromatic carbocycles. The van der Waals surface area contributed by atoms with Crippen molar-refractivity contribution in [2.75, 3.05) is 7.05 Å². The van der Waals surface area contributed by atoms with Crippen molar-refractivity contribution < 1.29 is 4.79 Å². The van der Waals surface area contributed by atoms with E-state index < -0.39 is 0 Å². The summed E-state index contributed by atoms with van der Waals surface area (Å²) in [7, 11) is 2.19. The highest BCUT2D eigenvalue weighted by molar-refractivity contribution is 6.35. The van der Waals surface area contributed by atoms with Crippen LogP contribution in [0.5, 0.6) is 0 Å². The molecule has 2 saturated heterocycles. The maximum Gasteiger partial charge on any atom is 0.140 e. The summed E-state index contributed by atoms with van der Waals surface area (Å²) >= 11 is 12.1. The smallest absolute Gasteiger partial charge is 0.140 e. The molecule has 2 unspecified atom stereocenters. The summed E-state index contributed by atoms with van der Waals surface area (Å²) in [5, 5.41) is 1.21.